The van der Waals surface area contributed by atoms with Crippen molar-refractivity contribution in [1.82, 2.24) is 10.2 Å². The van der Waals surface area contributed by atoms with E-state index in [1.807, 2.05) is 12.1 Å². The molecule has 0 aromatic heterocycles. The fourth-order valence-corrected chi connectivity index (χ4v) is 6.88. The van der Waals surface area contributed by atoms with Crippen molar-refractivity contribution in [3.8, 4) is 23.0 Å². The van der Waals surface area contributed by atoms with Crippen LogP contribution in [0.4, 0.5) is 0 Å². The van der Waals surface area contributed by atoms with E-state index in [0.29, 0.717) is 46.8 Å². The Kier molecular flexibility index (Phi) is 12.4. The number of nitrogens with one attached hydrogen (secondary N) is 1. The Bertz CT molecular complexity index is 1470. The number of unbranched alkanes of at least 4 members (excludes halogenated alkanes) is 8. The zero-order valence-corrected chi connectivity index (χ0v) is 27.9. The molecule has 2 amide bonds. The predicted octanol–water partition coefficient (Wildman–Crippen LogP) is 4.81. The molecular weight excluding hydrogens is 616 g/mol. The van der Waals surface area contributed by atoms with Crippen molar-refractivity contribution in [3.05, 3.63) is 58.7 Å². The Morgan fingerprint density at radius 2 is 1.75 bits per heavy atom. The van der Waals surface area contributed by atoms with Crippen molar-refractivity contribution in [3.63, 3.8) is 0 Å². The lowest BCUT2D eigenvalue weighted by Gasteiger charge is -2.41. The first-order chi connectivity index (χ1) is 23.4. The number of fused-ring (bicyclic) bond motifs is 4. The molecule has 0 saturated carbocycles. The highest BCUT2D eigenvalue weighted by Crippen LogP contribution is 2.51. The summed E-state index contributed by atoms with van der Waals surface area (Å²) in [4.78, 5) is 41.1. The molecule has 3 N–H and O–H groups in total. The first-order valence-corrected chi connectivity index (χ1v) is 17.2. The largest absolute Gasteiger partial charge is 0.493 e. The van der Waals surface area contributed by atoms with Gasteiger partial charge in [-0.05, 0) is 42.3 Å². The summed E-state index contributed by atoms with van der Waals surface area (Å²) in [6.45, 7) is 2.24. The van der Waals surface area contributed by atoms with Gasteiger partial charge in [-0.15, -0.1) is 0 Å². The van der Waals surface area contributed by atoms with Gasteiger partial charge in [0, 0.05) is 36.2 Å². The van der Waals surface area contributed by atoms with Crippen LogP contribution in [0.25, 0.3) is 0 Å². The summed E-state index contributed by atoms with van der Waals surface area (Å²) in [6.07, 6.45) is 10.5. The van der Waals surface area contributed by atoms with Crippen LogP contribution in [-0.4, -0.2) is 78.5 Å². The molecule has 4 atom stereocenters. The molecule has 260 valence electrons. The van der Waals surface area contributed by atoms with Gasteiger partial charge in [0.1, 0.15) is 18.5 Å². The Balaban J connectivity index is 1.43. The summed E-state index contributed by atoms with van der Waals surface area (Å²) in [6, 6.07) is 7.74. The van der Waals surface area contributed by atoms with Crippen molar-refractivity contribution >= 4 is 18.1 Å². The van der Waals surface area contributed by atoms with Crippen LogP contribution in [0.5, 0.6) is 23.0 Å². The van der Waals surface area contributed by atoms with E-state index >= 15 is 0 Å². The van der Waals surface area contributed by atoms with Crippen LogP contribution in [0.1, 0.15) is 98.5 Å². The van der Waals surface area contributed by atoms with Crippen molar-refractivity contribution < 1.29 is 43.5 Å². The lowest BCUT2D eigenvalue weighted by Crippen LogP contribution is -2.55. The van der Waals surface area contributed by atoms with E-state index in [1.165, 1.54) is 39.2 Å². The minimum atomic E-state index is -1.22. The average Bonchev–Trinajstić information content (AvgIpc) is 3.73. The van der Waals surface area contributed by atoms with Crippen LogP contribution < -0.4 is 24.3 Å². The average molecular weight is 665 g/mol. The molecule has 4 unspecified atom stereocenters. The van der Waals surface area contributed by atoms with Crippen molar-refractivity contribution in [2.45, 2.75) is 102 Å². The number of methoxy groups -OCH3 is 1. The maximum absolute atomic E-state index is 14.1. The van der Waals surface area contributed by atoms with Gasteiger partial charge in [-0.1, -0.05) is 64.4 Å². The van der Waals surface area contributed by atoms with Gasteiger partial charge < -0.3 is 39.4 Å². The van der Waals surface area contributed by atoms with Crippen LogP contribution in [0, 0.1) is 0 Å². The van der Waals surface area contributed by atoms with Gasteiger partial charge in [0.25, 0.3) is 0 Å². The lowest BCUT2D eigenvalue weighted by molar-refractivity contribution is -0.138. The van der Waals surface area contributed by atoms with Crippen LogP contribution >= 0.6 is 0 Å². The second-order valence-corrected chi connectivity index (χ2v) is 12.7. The highest BCUT2D eigenvalue weighted by Gasteiger charge is 2.51. The zero-order chi connectivity index (χ0) is 34.0. The van der Waals surface area contributed by atoms with Gasteiger partial charge in [-0.3, -0.25) is 14.4 Å². The van der Waals surface area contributed by atoms with E-state index in [-0.39, 0.29) is 44.4 Å². The van der Waals surface area contributed by atoms with Crippen LogP contribution in [0.15, 0.2) is 42.0 Å². The van der Waals surface area contributed by atoms with Gasteiger partial charge in [-0.2, -0.15) is 0 Å². The molecule has 2 aromatic rings. The van der Waals surface area contributed by atoms with Gasteiger partial charge in [0.15, 0.2) is 23.0 Å². The molecule has 0 radical (unpaired) electrons. The summed E-state index contributed by atoms with van der Waals surface area (Å²) in [7, 11) is 1.46. The summed E-state index contributed by atoms with van der Waals surface area (Å²) in [5, 5.41) is 24.1. The van der Waals surface area contributed by atoms with Gasteiger partial charge >= 0.3 is 0 Å². The quantitative estimate of drug-likeness (QED) is 0.151. The Morgan fingerprint density at radius 3 is 2.46 bits per heavy atom. The van der Waals surface area contributed by atoms with Crippen molar-refractivity contribution in [1.29, 1.82) is 0 Å². The number of rotatable bonds is 18. The lowest BCUT2D eigenvalue weighted by atomic mass is 9.77. The van der Waals surface area contributed by atoms with E-state index in [4.69, 9.17) is 18.9 Å². The number of nitrogens with zero attached hydrogens (tertiary/aromatic N) is 1. The molecule has 0 saturated heterocycles. The molecule has 2 heterocycles. The third-order valence-electron chi connectivity index (χ3n) is 9.38. The number of hydrogen-bond donors (Lipinski definition) is 3. The highest BCUT2D eigenvalue weighted by atomic mass is 16.7. The number of benzene rings is 2. The first-order valence-electron chi connectivity index (χ1n) is 17.2. The summed E-state index contributed by atoms with van der Waals surface area (Å²) >= 11 is 0. The maximum atomic E-state index is 14.1. The minimum Gasteiger partial charge on any atom is -0.493 e. The number of aldehydes is 1. The second-order valence-electron chi connectivity index (χ2n) is 12.7. The molecule has 5 rings (SSSR count). The summed E-state index contributed by atoms with van der Waals surface area (Å²) < 4.78 is 22.9. The fraction of sp³-hybridized carbons (Fsp3) is 0.541. The van der Waals surface area contributed by atoms with Crippen LogP contribution in [0.3, 0.4) is 0 Å². The van der Waals surface area contributed by atoms with Crippen LogP contribution in [-0.2, 0) is 16.1 Å². The molecule has 2 aliphatic heterocycles. The monoisotopic (exact) mass is 664 g/mol. The number of hydrogen-bond acceptors (Lipinski definition) is 9. The molecule has 11 nitrogen and oxygen atoms in total. The van der Waals surface area contributed by atoms with Crippen molar-refractivity contribution in [2.24, 2.45) is 0 Å². The highest BCUT2D eigenvalue weighted by molar-refractivity contribution is 5.96. The van der Waals surface area contributed by atoms with E-state index in [0.717, 1.165) is 24.8 Å². The smallest absolute Gasteiger partial charge is 0.247 e. The number of amides is 2. The molecule has 0 spiro atoms. The topological polar surface area (TPSA) is 144 Å². The normalized spacial score (nSPS) is 20.3. The molecular formula is C37H48N2O9. The van der Waals surface area contributed by atoms with E-state index < -0.39 is 30.1 Å². The zero-order valence-electron chi connectivity index (χ0n) is 27.9. The van der Waals surface area contributed by atoms with Gasteiger partial charge in [0.2, 0.25) is 18.6 Å². The molecule has 48 heavy (non-hydrogen) atoms. The number of carbonyl (C=O) groups is 3. The van der Waals surface area contributed by atoms with Gasteiger partial charge in [-0.25, -0.2) is 0 Å². The SMILES string of the molecule is CCCCCCCCCCCC(=O)N(Cc1ccc2c(c1)OCO2)C1C=C(C(=O)NCCO)C2c3cc(C=O)cc(OC)c3OC2C1O. The number of carbonyl (C=O) groups excluding carboxylic acids is 3. The second kappa shape index (κ2) is 16.8. The molecule has 11 heteroatoms. The predicted molar refractivity (Wildman–Crippen MR) is 178 cm³/mol. The minimum absolute atomic E-state index is 0.0185. The van der Waals surface area contributed by atoms with Crippen molar-refractivity contribution in [2.75, 3.05) is 27.1 Å². The third kappa shape index (κ3) is 7.95. The molecule has 0 fully saturated rings. The number of aliphatic hydroxyl groups excluding tert-OH is 2. The molecule has 2 aromatic carbocycles. The number of ether oxygens (including phenoxy) is 4. The van der Waals surface area contributed by atoms with E-state index in [9.17, 15) is 24.6 Å². The standard InChI is InChI=1S/C37H48N2O9/c1-3-4-5-6-7-8-9-10-11-12-32(42)39(21-24-13-14-29-30(18-24)47-23-46-29)28-20-27(37(44)38-15-16-40)33-26-17-25(22-41)19-31(45-2)35(26)48-36(33)34(28)43/h13-14,17-20,22,28,33-34,36,40,43H,3-12,15-16,21,23H2,1-2H3,(H,38,44). The van der Waals surface area contributed by atoms with Crippen LogP contribution in [0.2, 0.25) is 0 Å². The summed E-state index contributed by atoms with van der Waals surface area (Å²) in [5.41, 5.74) is 1.93. The first kappa shape index (κ1) is 35.2. The summed E-state index contributed by atoms with van der Waals surface area (Å²) in [5.74, 6) is 0.492. The molecule has 3 aliphatic rings. The Labute approximate surface area is 282 Å². The van der Waals surface area contributed by atoms with E-state index in [1.54, 1.807) is 29.2 Å². The third-order valence-corrected chi connectivity index (χ3v) is 9.38. The van der Waals surface area contributed by atoms with E-state index in [2.05, 4.69) is 12.2 Å². The maximum Gasteiger partial charge on any atom is 0.247 e. The number of aliphatic hydroxyl groups is 2. The fourth-order valence-electron chi connectivity index (χ4n) is 6.88. The molecule has 1 aliphatic carbocycles. The Morgan fingerprint density at radius 1 is 1.02 bits per heavy atom. The van der Waals surface area contributed by atoms with Gasteiger partial charge in [0.05, 0.1) is 25.7 Å². The Hall–Kier alpha value is -4.09. The molecule has 0 bridgehead atoms.